The summed E-state index contributed by atoms with van der Waals surface area (Å²) in [6.07, 6.45) is 0.544. The molecular formula is C15H14F2O2. The molecule has 0 aromatic heterocycles. The van der Waals surface area contributed by atoms with Gasteiger partial charge in [-0.05, 0) is 24.3 Å². The second-order valence-electron chi connectivity index (χ2n) is 3.91. The summed E-state index contributed by atoms with van der Waals surface area (Å²) < 4.78 is 36.9. The first-order chi connectivity index (χ1) is 9.27. The fourth-order valence-corrected chi connectivity index (χ4v) is 1.55. The summed E-state index contributed by atoms with van der Waals surface area (Å²) in [6, 6.07) is 12.4. The van der Waals surface area contributed by atoms with E-state index < -0.39 is 11.6 Å². The van der Waals surface area contributed by atoms with Gasteiger partial charge in [-0.15, -0.1) is 0 Å². The van der Waals surface area contributed by atoms with Crippen molar-refractivity contribution in [1.82, 2.24) is 0 Å². The molecule has 0 atom stereocenters. The van der Waals surface area contributed by atoms with E-state index in [1.54, 1.807) is 36.4 Å². The van der Waals surface area contributed by atoms with E-state index in [2.05, 4.69) is 0 Å². The second-order valence-corrected chi connectivity index (χ2v) is 3.91. The molecule has 0 heterocycles. The van der Waals surface area contributed by atoms with Gasteiger partial charge < -0.3 is 9.47 Å². The van der Waals surface area contributed by atoms with Crippen molar-refractivity contribution in [2.45, 2.75) is 6.42 Å². The van der Waals surface area contributed by atoms with E-state index in [-0.39, 0.29) is 11.5 Å². The molecule has 2 aromatic carbocycles. The number of hydrogen-bond donors (Lipinski definition) is 0. The highest BCUT2D eigenvalue weighted by atomic mass is 19.1. The summed E-state index contributed by atoms with van der Waals surface area (Å²) in [5.74, 6) is -0.350. The molecule has 0 amide bonds. The van der Waals surface area contributed by atoms with Crippen LogP contribution in [-0.2, 0) is 0 Å². The zero-order valence-electron chi connectivity index (χ0n) is 10.3. The van der Waals surface area contributed by atoms with Crippen molar-refractivity contribution in [3.63, 3.8) is 0 Å². The first kappa shape index (κ1) is 13.3. The maximum atomic E-state index is 13.2. The fourth-order valence-electron chi connectivity index (χ4n) is 1.55. The van der Waals surface area contributed by atoms with Crippen molar-refractivity contribution in [2.24, 2.45) is 0 Å². The molecule has 19 heavy (non-hydrogen) atoms. The second kappa shape index (κ2) is 6.73. The average Bonchev–Trinajstić information content (AvgIpc) is 2.42. The molecule has 0 aliphatic heterocycles. The SMILES string of the molecule is Fc1ccccc1OCCCOc1ccccc1F. The number of ether oxygens (including phenoxy) is 2. The fraction of sp³-hybridized carbons (Fsp3) is 0.200. The van der Waals surface area contributed by atoms with Gasteiger partial charge >= 0.3 is 0 Å². The Balaban J connectivity index is 1.71. The highest BCUT2D eigenvalue weighted by Crippen LogP contribution is 2.17. The first-order valence-corrected chi connectivity index (χ1v) is 6.02. The van der Waals surface area contributed by atoms with Crippen LogP contribution in [0, 0.1) is 11.6 Å². The van der Waals surface area contributed by atoms with Gasteiger partial charge in [-0.25, -0.2) is 8.78 Å². The molecule has 0 bridgehead atoms. The standard InChI is InChI=1S/C15H14F2O2/c16-12-6-1-3-8-14(12)18-10-5-11-19-15-9-4-2-7-13(15)17/h1-4,6-9H,5,10-11H2. The molecule has 0 radical (unpaired) electrons. The molecule has 0 saturated heterocycles. The maximum Gasteiger partial charge on any atom is 0.165 e. The highest BCUT2D eigenvalue weighted by molar-refractivity contribution is 5.24. The summed E-state index contributed by atoms with van der Waals surface area (Å²) >= 11 is 0. The zero-order chi connectivity index (χ0) is 13.5. The van der Waals surface area contributed by atoms with E-state index in [4.69, 9.17) is 9.47 Å². The third-order valence-electron chi connectivity index (χ3n) is 2.48. The van der Waals surface area contributed by atoms with Crippen molar-refractivity contribution >= 4 is 0 Å². The smallest absolute Gasteiger partial charge is 0.165 e. The molecule has 4 heteroatoms. The molecule has 100 valence electrons. The number of halogens is 2. The molecule has 2 rings (SSSR count). The molecule has 0 spiro atoms. The van der Waals surface area contributed by atoms with E-state index in [0.717, 1.165) is 0 Å². The van der Waals surface area contributed by atoms with E-state index in [0.29, 0.717) is 19.6 Å². The van der Waals surface area contributed by atoms with Gasteiger partial charge in [0.05, 0.1) is 13.2 Å². The summed E-state index contributed by atoms with van der Waals surface area (Å²) in [5.41, 5.74) is 0. The predicted octanol–water partition coefficient (Wildman–Crippen LogP) is 3.81. The van der Waals surface area contributed by atoms with Crippen LogP contribution in [-0.4, -0.2) is 13.2 Å². The first-order valence-electron chi connectivity index (χ1n) is 6.02. The monoisotopic (exact) mass is 264 g/mol. The van der Waals surface area contributed by atoms with Crippen LogP contribution in [0.4, 0.5) is 8.78 Å². The van der Waals surface area contributed by atoms with Gasteiger partial charge in [0.25, 0.3) is 0 Å². The van der Waals surface area contributed by atoms with Crippen molar-refractivity contribution in [1.29, 1.82) is 0 Å². The van der Waals surface area contributed by atoms with Gasteiger partial charge in [0, 0.05) is 6.42 Å². The molecule has 2 nitrogen and oxygen atoms in total. The van der Waals surface area contributed by atoms with Gasteiger partial charge in [0.2, 0.25) is 0 Å². The van der Waals surface area contributed by atoms with Crippen LogP contribution in [0.25, 0.3) is 0 Å². The Morgan fingerprint density at radius 3 is 1.53 bits per heavy atom. The highest BCUT2D eigenvalue weighted by Gasteiger charge is 2.02. The minimum absolute atomic E-state index is 0.216. The van der Waals surface area contributed by atoms with Gasteiger partial charge in [-0.1, -0.05) is 24.3 Å². The Kier molecular flexibility index (Phi) is 4.72. The Morgan fingerprint density at radius 2 is 1.11 bits per heavy atom. The Bertz CT molecular complexity index is 482. The summed E-state index contributed by atoms with van der Waals surface area (Å²) in [5, 5.41) is 0. The van der Waals surface area contributed by atoms with Crippen molar-refractivity contribution in [3.05, 3.63) is 60.2 Å². The molecule has 0 aliphatic rings. The Labute approximate surface area is 110 Å². The summed E-state index contributed by atoms with van der Waals surface area (Å²) in [6.45, 7) is 0.630. The molecule has 0 saturated carbocycles. The molecule has 0 N–H and O–H groups in total. The lowest BCUT2D eigenvalue weighted by Crippen LogP contribution is -2.06. The normalized spacial score (nSPS) is 10.2. The van der Waals surface area contributed by atoms with Crippen LogP contribution in [0.5, 0.6) is 11.5 Å². The quantitative estimate of drug-likeness (QED) is 0.738. The Morgan fingerprint density at radius 1 is 0.684 bits per heavy atom. The van der Waals surface area contributed by atoms with Gasteiger partial charge in [-0.3, -0.25) is 0 Å². The van der Waals surface area contributed by atoms with Crippen LogP contribution in [0.3, 0.4) is 0 Å². The zero-order valence-corrected chi connectivity index (χ0v) is 10.3. The number of hydrogen-bond acceptors (Lipinski definition) is 2. The van der Waals surface area contributed by atoms with E-state index in [1.165, 1.54) is 12.1 Å². The van der Waals surface area contributed by atoms with Crippen LogP contribution in [0.2, 0.25) is 0 Å². The molecule has 2 aromatic rings. The number of para-hydroxylation sites is 2. The minimum atomic E-state index is -0.391. The van der Waals surface area contributed by atoms with Crippen LogP contribution in [0.1, 0.15) is 6.42 Å². The molecule has 0 aliphatic carbocycles. The predicted molar refractivity (Wildman–Crippen MR) is 68.4 cm³/mol. The van der Waals surface area contributed by atoms with Gasteiger partial charge in [0.1, 0.15) is 0 Å². The van der Waals surface area contributed by atoms with E-state index >= 15 is 0 Å². The van der Waals surface area contributed by atoms with E-state index in [9.17, 15) is 8.78 Å². The summed E-state index contributed by atoms with van der Waals surface area (Å²) in [4.78, 5) is 0. The topological polar surface area (TPSA) is 18.5 Å². The molecule has 0 fully saturated rings. The van der Waals surface area contributed by atoms with Crippen molar-refractivity contribution < 1.29 is 18.3 Å². The number of rotatable bonds is 6. The van der Waals surface area contributed by atoms with Crippen LogP contribution >= 0.6 is 0 Å². The Hall–Kier alpha value is -2.10. The largest absolute Gasteiger partial charge is 0.490 e. The lowest BCUT2D eigenvalue weighted by Gasteiger charge is -2.08. The van der Waals surface area contributed by atoms with E-state index in [1.807, 2.05) is 0 Å². The lowest BCUT2D eigenvalue weighted by atomic mass is 10.3. The van der Waals surface area contributed by atoms with Gasteiger partial charge in [0.15, 0.2) is 23.1 Å². The minimum Gasteiger partial charge on any atom is -0.490 e. The van der Waals surface area contributed by atoms with Gasteiger partial charge in [-0.2, -0.15) is 0 Å². The third kappa shape index (κ3) is 3.95. The molecule has 0 unspecified atom stereocenters. The maximum absolute atomic E-state index is 13.2. The van der Waals surface area contributed by atoms with Crippen LogP contribution < -0.4 is 9.47 Å². The third-order valence-corrected chi connectivity index (χ3v) is 2.48. The van der Waals surface area contributed by atoms with Crippen LogP contribution in [0.15, 0.2) is 48.5 Å². The molecular weight excluding hydrogens is 250 g/mol. The average molecular weight is 264 g/mol. The van der Waals surface area contributed by atoms with Crippen molar-refractivity contribution in [3.8, 4) is 11.5 Å². The van der Waals surface area contributed by atoms with Crippen molar-refractivity contribution in [2.75, 3.05) is 13.2 Å². The number of benzene rings is 2. The lowest BCUT2D eigenvalue weighted by molar-refractivity contribution is 0.236. The summed E-state index contributed by atoms with van der Waals surface area (Å²) in [7, 11) is 0.